The van der Waals surface area contributed by atoms with Crippen LogP contribution in [0, 0.1) is 0 Å². The van der Waals surface area contributed by atoms with Crippen molar-refractivity contribution in [3.8, 4) is 0 Å². The maximum Gasteiger partial charge on any atom is 0.265 e. The van der Waals surface area contributed by atoms with E-state index in [0.717, 1.165) is 0 Å². The molecule has 0 saturated carbocycles. The SMILES string of the molecule is NNC(=O)c1ccc2c(N)noc2c1. The fraction of sp³-hybridized carbons (Fsp3) is 0. The Kier molecular flexibility index (Phi) is 1.83. The highest BCUT2D eigenvalue weighted by atomic mass is 16.5. The molecule has 2 rings (SSSR count). The van der Waals surface area contributed by atoms with Gasteiger partial charge >= 0.3 is 0 Å². The number of amides is 1. The van der Waals surface area contributed by atoms with Gasteiger partial charge in [-0.25, -0.2) is 5.84 Å². The van der Waals surface area contributed by atoms with Crippen LogP contribution in [0.3, 0.4) is 0 Å². The van der Waals surface area contributed by atoms with Crippen LogP contribution < -0.4 is 17.0 Å². The van der Waals surface area contributed by atoms with E-state index in [0.29, 0.717) is 22.4 Å². The first kappa shape index (κ1) is 8.52. The highest BCUT2D eigenvalue weighted by molar-refractivity contribution is 5.98. The van der Waals surface area contributed by atoms with E-state index in [1.807, 2.05) is 5.43 Å². The second-order valence-corrected chi connectivity index (χ2v) is 2.75. The Morgan fingerprint density at radius 1 is 1.50 bits per heavy atom. The van der Waals surface area contributed by atoms with Crippen molar-refractivity contribution in [3.63, 3.8) is 0 Å². The molecule has 14 heavy (non-hydrogen) atoms. The number of carbonyl (C=O) groups is 1. The molecule has 2 aromatic rings. The summed E-state index contributed by atoms with van der Waals surface area (Å²) in [7, 11) is 0. The fourth-order valence-electron chi connectivity index (χ4n) is 1.18. The van der Waals surface area contributed by atoms with E-state index in [-0.39, 0.29) is 5.91 Å². The number of benzene rings is 1. The Balaban J connectivity index is 2.57. The third kappa shape index (κ3) is 1.17. The van der Waals surface area contributed by atoms with Crippen molar-refractivity contribution in [2.75, 3.05) is 5.73 Å². The standard InChI is InChI=1S/C8H8N4O2/c9-7-5-2-1-4(8(13)11-10)3-6(5)14-12-7/h1-3H,10H2,(H2,9,12)(H,11,13). The van der Waals surface area contributed by atoms with Crippen molar-refractivity contribution in [1.29, 1.82) is 0 Å². The van der Waals surface area contributed by atoms with E-state index in [1.165, 1.54) is 6.07 Å². The van der Waals surface area contributed by atoms with Crippen molar-refractivity contribution < 1.29 is 9.32 Å². The minimum absolute atomic E-state index is 0.305. The molecule has 0 unspecified atom stereocenters. The number of hydrazine groups is 1. The van der Waals surface area contributed by atoms with E-state index in [9.17, 15) is 4.79 Å². The van der Waals surface area contributed by atoms with Gasteiger partial charge in [-0.2, -0.15) is 0 Å². The summed E-state index contributed by atoms with van der Waals surface area (Å²) in [4.78, 5) is 11.1. The topological polar surface area (TPSA) is 107 Å². The molecule has 1 aromatic heterocycles. The number of anilines is 1. The van der Waals surface area contributed by atoms with Gasteiger partial charge in [0.15, 0.2) is 11.4 Å². The number of hydrogen-bond acceptors (Lipinski definition) is 5. The molecule has 0 aliphatic rings. The van der Waals surface area contributed by atoms with Crippen LogP contribution in [0.1, 0.15) is 10.4 Å². The van der Waals surface area contributed by atoms with Gasteiger partial charge in [0.25, 0.3) is 5.91 Å². The summed E-state index contributed by atoms with van der Waals surface area (Å²) in [6.07, 6.45) is 0. The number of rotatable bonds is 1. The van der Waals surface area contributed by atoms with Gasteiger partial charge in [0.2, 0.25) is 0 Å². The smallest absolute Gasteiger partial charge is 0.265 e. The Hall–Kier alpha value is -2.08. The first-order chi connectivity index (χ1) is 6.72. The number of nitrogen functional groups attached to an aromatic ring is 2. The van der Waals surface area contributed by atoms with Crippen molar-refractivity contribution in [2.24, 2.45) is 5.84 Å². The maximum atomic E-state index is 11.1. The van der Waals surface area contributed by atoms with E-state index < -0.39 is 0 Å². The molecular weight excluding hydrogens is 184 g/mol. The van der Waals surface area contributed by atoms with Crippen LogP contribution in [-0.4, -0.2) is 11.1 Å². The summed E-state index contributed by atoms with van der Waals surface area (Å²) >= 11 is 0. The van der Waals surface area contributed by atoms with Gasteiger partial charge in [0.05, 0.1) is 5.39 Å². The van der Waals surface area contributed by atoms with Crippen LogP contribution in [0.25, 0.3) is 11.0 Å². The Morgan fingerprint density at radius 3 is 3.00 bits per heavy atom. The number of nitrogens with zero attached hydrogens (tertiary/aromatic N) is 1. The van der Waals surface area contributed by atoms with Gasteiger partial charge < -0.3 is 10.3 Å². The van der Waals surface area contributed by atoms with Crippen LogP contribution in [0.4, 0.5) is 5.82 Å². The Labute approximate surface area is 78.8 Å². The third-order valence-corrected chi connectivity index (χ3v) is 1.89. The van der Waals surface area contributed by atoms with Crippen LogP contribution in [-0.2, 0) is 0 Å². The van der Waals surface area contributed by atoms with Gasteiger partial charge in [0, 0.05) is 5.56 Å². The number of fused-ring (bicyclic) bond motifs is 1. The Bertz CT molecular complexity index is 491. The molecule has 0 aliphatic carbocycles. The molecule has 6 nitrogen and oxygen atoms in total. The molecule has 0 bridgehead atoms. The van der Waals surface area contributed by atoms with Gasteiger partial charge in [-0.1, -0.05) is 5.16 Å². The zero-order chi connectivity index (χ0) is 10.1. The monoisotopic (exact) mass is 192 g/mol. The largest absolute Gasteiger partial charge is 0.380 e. The van der Waals surface area contributed by atoms with Gasteiger partial charge in [0.1, 0.15) is 0 Å². The summed E-state index contributed by atoms with van der Waals surface area (Å²) < 4.78 is 4.89. The van der Waals surface area contributed by atoms with E-state index in [1.54, 1.807) is 12.1 Å². The normalized spacial score (nSPS) is 10.4. The van der Waals surface area contributed by atoms with Gasteiger partial charge in [-0.3, -0.25) is 10.2 Å². The molecule has 0 fully saturated rings. The quantitative estimate of drug-likeness (QED) is 0.335. The second-order valence-electron chi connectivity index (χ2n) is 2.75. The first-order valence-electron chi connectivity index (χ1n) is 3.88. The molecule has 5 N–H and O–H groups in total. The Morgan fingerprint density at radius 2 is 2.29 bits per heavy atom. The summed E-state index contributed by atoms with van der Waals surface area (Å²) in [6.45, 7) is 0. The lowest BCUT2D eigenvalue weighted by molar-refractivity contribution is 0.0953. The maximum absolute atomic E-state index is 11.1. The highest BCUT2D eigenvalue weighted by Gasteiger charge is 2.09. The highest BCUT2D eigenvalue weighted by Crippen LogP contribution is 2.20. The lowest BCUT2D eigenvalue weighted by Gasteiger charge is -1.97. The molecule has 1 amide bonds. The number of carbonyl (C=O) groups excluding carboxylic acids is 1. The minimum atomic E-state index is -0.387. The summed E-state index contributed by atoms with van der Waals surface area (Å²) in [5.41, 5.74) is 8.39. The molecule has 0 spiro atoms. The summed E-state index contributed by atoms with van der Waals surface area (Å²) in [5.74, 6) is 4.90. The van der Waals surface area contributed by atoms with Gasteiger partial charge in [-0.05, 0) is 18.2 Å². The molecule has 0 atom stereocenters. The fourth-order valence-corrected chi connectivity index (χ4v) is 1.18. The van der Waals surface area contributed by atoms with Crippen molar-refractivity contribution in [3.05, 3.63) is 23.8 Å². The number of nitrogens with one attached hydrogen (secondary N) is 1. The number of nitrogens with two attached hydrogens (primary N) is 2. The predicted molar refractivity (Wildman–Crippen MR) is 50.1 cm³/mol. The zero-order valence-corrected chi connectivity index (χ0v) is 7.15. The van der Waals surface area contributed by atoms with Crippen molar-refractivity contribution in [1.82, 2.24) is 10.6 Å². The van der Waals surface area contributed by atoms with Crippen LogP contribution in [0.5, 0.6) is 0 Å². The second kappa shape index (κ2) is 3.00. The minimum Gasteiger partial charge on any atom is -0.380 e. The van der Waals surface area contributed by atoms with E-state index in [4.69, 9.17) is 16.1 Å². The van der Waals surface area contributed by atoms with Gasteiger partial charge in [-0.15, -0.1) is 0 Å². The number of aromatic nitrogens is 1. The molecular formula is C8H8N4O2. The molecule has 0 saturated heterocycles. The van der Waals surface area contributed by atoms with Crippen LogP contribution in [0.2, 0.25) is 0 Å². The number of hydrogen-bond donors (Lipinski definition) is 3. The lowest BCUT2D eigenvalue weighted by atomic mass is 10.1. The molecule has 0 aliphatic heterocycles. The van der Waals surface area contributed by atoms with Crippen molar-refractivity contribution >= 4 is 22.7 Å². The average Bonchev–Trinajstić information content (AvgIpc) is 2.59. The molecule has 0 radical (unpaired) electrons. The summed E-state index contributed by atoms with van der Waals surface area (Å²) in [6, 6.07) is 4.78. The third-order valence-electron chi connectivity index (χ3n) is 1.89. The first-order valence-corrected chi connectivity index (χ1v) is 3.88. The van der Waals surface area contributed by atoms with Crippen LogP contribution in [0.15, 0.2) is 22.7 Å². The molecule has 1 aromatic carbocycles. The summed E-state index contributed by atoms with van der Waals surface area (Å²) in [5, 5.41) is 4.24. The van der Waals surface area contributed by atoms with Crippen LogP contribution >= 0.6 is 0 Å². The average molecular weight is 192 g/mol. The lowest BCUT2D eigenvalue weighted by Crippen LogP contribution is -2.29. The predicted octanol–water partition coefficient (Wildman–Crippen LogP) is 0.0135. The van der Waals surface area contributed by atoms with Crippen molar-refractivity contribution in [2.45, 2.75) is 0 Å². The molecule has 72 valence electrons. The molecule has 1 heterocycles. The zero-order valence-electron chi connectivity index (χ0n) is 7.15. The van der Waals surface area contributed by atoms with E-state index in [2.05, 4.69) is 5.16 Å². The molecule has 6 heteroatoms. The van der Waals surface area contributed by atoms with E-state index >= 15 is 0 Å².